The van der Waals surface area contributed by atoms with Crippen molar-refractivity contribution in [3.05, 3.63) is 41.9 Å². The molecule has 8 heteroatoms. The molecule has 0 spiro atoms. The highest BCUT2D eigenvalue weighted by molar-refractivity contribution is 7.12. The van der Waals surface area contributed by atoms with E-state index in [2.05, 4.69) is 21.9 Å². The number of azo groups is 1. The zero-order valence-corrected chi connectivity index (χ0v) is 14.8. The van der Waals surface area contributed by atoms with E-state index >= 15 is 0 Å². The monoisotopic (exact) mass is 346 g/mol. The number of carbonyl (C=O) groups is 1. The van der Waals surface area contributed by atoms with Crippen LogP contribution in [0.3, 0.4) is 0 Å². The van der Waals surface area contributed by atoms with Crippen LogP contribution in [-0.2, 0) is 16.6 Å². The Balaban J connectivity index is 1.87. The Morgan fingerprint density at radius 3 is 2.67 bits per heavy atom. The SMILES string of the molecule is C=C(C)C(=O)OCCN(C)c1ccc(/N=N/c2n[n+](C)cs2)cc1. The average molecular weight is 346 g/mol. The van der Waals surface area contributed by atoms with Crippen molar-refractivity contribution >= 4 is 33.8 Å². The summed E-state index contributed by atoms with van der Waals surface area (Å²) in [5, 5.41) is 13.0. The van der Waals surface area contributed by atoms with Gasteiger partial charge in [0, 0.05) is 23.4 Å². The quantitative estimate of drug-likeness (QED) is 0.334. The number of anilines is 1. The molecule has 0 radical (unpaired) electrons. The van der Waals surface area contributed by atoms with E-state index in [1.165, 1.54) is 11.3 Å². The van der Waals surface area contributed by atoms with Crippen LogP contribution < -0.4 is 9.58 Å². The van der Waals surface area contributed by atoms with Crippen LogP contribution in [0.2, 0.25) is 0 Å². The Kier molecular flexibility index (Phi) is 6.14. The molecule has 2 rings (SSSR count). The molecule has 0 aliphatic carbocycles. The number of aromatic nitrogens is 2. The highest BCUT2D eigenvalue weighted by atomic mass is 32.1. The minimum absolute atomic E-state index is 0.310. The van der Waals surface area contributed by atoms with Gasteiger partial charge in [0.1, 0.15) is 6.61 Å². The van der Waals surface area contributed by atoms with Crippen molar-refractivity contribution in [2.45, 2.75) is 6.92 Å². The van der Waals surface area contributed by atoms with Gasteiger partial charge in [0.05, 0.1) is 12.2 Å². The number of likely N-dealkylation sites (N-methyl/N-ethyl adjacent to an activating group) is 1. The smallest absolute Gasteiger partial charge is 0.333 e. The summed E-state index contributed by atoms with van der Waals surface area (Å²) in [5.41, 5.74) is 4.01. The summed E-state index contributed by atoms with van der Waals surface area (Å²) in [6.07, 6.45) is 0. The molecule has 0 unspecified atom stereocenters. The summed E-state index contributed by atoms with van der Waals surface area (Å²) < 4.78 is 6.78. The molecule has 1 heterocycles. The first-order chi connectivity index (χ1) is 11.5. The fourth-order valence-electron chi connectivity index (χ4n) is 1.75. The minimum Gasteiger partial charge on any atom is -0.460 e. The number of nitrogens with zero attached hydrogens (tertiary/aromatic N) is 5. The van der Waals surface area contributed by atoms with Gasteiger partial charge < -0.3 is 9.64 Å². The lowest BCUT2D eigenvalue weighted by Crippen LogP contribution is -2.27. The molecule has 0 atom stereocenters. The number of ether oxygens (including phenoxy) is 1. The summed E-state index contributed by atoms with van der Waals surface area (Å²) in [6.45, 7) is 6.08. The molecule has 1 aromatic heterocycles. The van der Waals surface area contributed by atoms with Gasteiger partial charge in [0.2, 0.25) is 0 Å². The van der Waals surface area contributed by atoms with Crippen LogP contribution in [0.1, 0.15) is 6.92 Å². The van der Waals surface area contributed by atoms with Crippen LogP contribution in [-0.4, -0.2) is 31.3 Å². The number of hydrogen-bond donors (Lipinski definition) is 0. The Morgan fingerprint density at radius 2 is 2.08 bits per heavy atom. The molecule has 0 aliphatic heterocycles. The van der Waals surface area contributed by atoms with E-state index in [-0.39, 0.29) is 5.97 Å². The first-order valence-corrected chi connectivity index (χ1v) is 8.20. The maximum Gasteiger partial charge on any atom is 0.333 e. The van der Waals surface area contributed by atoms with Gasteiger partial charge in [-0.15, -0.1) is 10.2 Å². The van der Waals surface area contributed by atoms with Crippen LogP contribution >= 0.6 is 11.3 Å². The maximum absolute atomic E-state index is 11.3. The summed E-state index contributed by atoms with van der Waals surface area (Å²) >= 11 is 1.43. The summed E-state index contributed by atoms with van der Waals surface area (Å²) in [7, 11) is 3.77. The lowest BCUT2D eigenvalue weighted by molar-refractivity contribution is -0.724. The largest absolute Gasteiger partial charge is 0.460 e. The lowest BCUT2D eigenvalue weighted by atomic mass is 10.2. The van der Waals surface area contributed by atoms with E-state index in [0.29, 0.717) is 23.9 Å². The molecule has 126 valence electrons. The number of carbonyl (C=O) groups excluding carboxylic acids is 1. The topological polar surface area (TPSA) is 71.0 Å². The summed E-state index contributed by atoms with van der Waals surface area (Å²) in [4.78, 5) is 13.3. The Labute approximate surface area is 144 Å². The van der Waals surface area contributed by atoms with Crippen molar-refractivity contribution < 1.29 is 14.2 Å². The third kappa shape index (κ3) is 5.24. The Morgan fingerprint density at radius 1 is 1.38 bits per heavy atom. The summed E-state index contributed by atoms with van der Waals surface area (Å²) in [6, 6.07) is 7.64. The number of benzene rings is 1. The van der Waals surface area contributed by atoms with Gasteiger partial charge >= 0.3 is 5.97 Å². The average Bonchev–Trinajstić information content (AvgIpc) is 2.98. The molecule has 1 aromatic carbocycles. The maximum atomic E-state index is 11.3. The third-order valence-electron chi connectivity index (χ3n) is 3.10. The second-order valence-corrected chi connectivity index (χ2v) is 6.05. The molecule has 0 aliphatic rings. The van der Waals surface area contributed by atoms with Gasteiger partial charge in [-0.1, -0.05) is 11.3 Å². The molecule has 0 saturated carbocycles. The highest BCUT2D eigenvalue weighted by Crippen LogP contribution is 2.21. The first kappa shape index (κ1) is 17.7. The fraction of sp³-hybridized carbons (Fsp3) is 0.312. The van der Waals surface area contributed by atoms with Gasteiger partial charge in [0.15, 0.2) is 7.05 Å². The van der Waals surface area contributed by atoms with Crippen molar-refractivity contribution in [3.63, 3.8) is 0 Å². The fourth-order valence-corrected chi connectivity index (χ4v) is 2.31. The predicted octanol–water partition coefficient (Wildman–Crippen LogP) is 2.94. The van der Waals surface area contributed by atoms with Crippen molar-refractivity contribution in [2.24, 2.45) is 17.3 Å². The zero-order chi connectivity index (χ0) is 17.5. The molecule has 0 amide bonds. The van der Waals surface area contributed by atoms with Crippen LogP contribution in [0.4, 0.5) is 16.5 Å². The van der Waals surface area contributed by atoms with E-state index in [9.17, 15) is 4.79 Å². The van der Waals surface area contributed by atoms with Gasteiger partial charge in [-0.25, -0.2) is 4.79 Å². The molecule has 0 N–H and O–H groups in total. The second-order valence-electron chi connectivity index (χ2n) is 5.23. The lowest BCUT2D eigenvalue weighted by Gasteiger charge is -2.19. The Hall–Kier alpha value is -2.61. The molecular formula is C16H20N5O2S+. The van der Waals surface area contributed by atoms with E-state index in [1.807, 2.05) is 48.8 Å². The van der Waals surface area contributed by atoms with Crippen molar-refractivity contribution in [1.29, 1.82) is 0 Å². The minimum atomic E-state index is -0.366. The van der Waals surface area contributed by atoms with Gasteiger partial charge in [-0.2, -0.15) is 0 Å². The second kappa shape index (κ2) is 8.30. The predicted molar refractivity (Wildman–Crippen MR) is 93.0 cm³/mol. The van der Waals surface area contributed by atoms with Crippen LogP contribution in [0, 0.1) is 0 Å². The standard InChI is InChI=1S/C16H20N5O2S/c1-12(2)15(22)23-10-9-20(3)14-7-5-13(6-8-14)17-18-16-19-21(4)11-24-16/h5-8,11H,1,9-10H2,2-4H3/q+1/b18-17+. The summed E-state index contributed by atoms with van der Waals surface area (Å²) in [5.74, 6) is -0.366. The van der Waals surface area contributed by atoms with Crippen molar-refractivity contribution in [2.75, 3.05) is 25.1 Å². The molecule has 0 fully saturated rings. The van der Waals surface area contributed by atoms with E-state index < -0.39 is 0 Å². The molecule has 7 nitrogen and oxygen atoms in total. The van der Waals surface area contributed by atoms with E-state index in [1.54, 1.807) is 11.6 Å². The van der Waals surface area contributed by atoms with Crippen LogP contribution in [0.25, 0.3) is 0 Å². The zero-order valence-electron chi connectivity index (χ0n) is 14.0. The van der Waals surface area contributed by atoms with E-state index in [4.69, 9.17) is 4.74 Å². The van der Waals surface area contributed by atoms with Gasteiger partial charge in [0.25, 0.3) is 10.6 Å². The molecule has 2 aromatic rings. The van der Waals surface area contributed by atoms with Crippen LogP contribution in [0.15, 0.2) is 52.2 Å². The normalized spacial score (nSPS) is 10.8. The number of esters is 1. The molecule has 0 bridgehead atoms. The van der Waals surface area contributed by atoms with Gasteiger partial charge in [-0.05, 0) is 42.5 Å². The first-order valence-electron chi connectivity index (χ1n) is 7.32. The Bertz CT molecular complexity index is 739. The van der Waals surface area contributed by atoms with Crippen molar-refractivity contribution in [1.82, 2.24) is 5.10 Å². The van der Waals surface area contributed by atoms with Crippen LogP contribution in [0.5, 0.6) is 0 Å². The third-order valence-corrected chi connectivity index (χ3v) is 3.89. The van der Waals surface area contributed by atoms with E-state index in [0.717, 1.165) is 11.4 Å². The molecule has 24 heavy (non-hydrogen) atoms. The molecule has 0 saturated heterocycles. The number of hydrogen-bond acceptors (Lipinski definition) is 7. The van der Waals surface area contributed by atoms with Crippen molar-refractivity contribution in [3.8, 4) is 0 Å². The highest BCUT2D eigenvalue weighted by Gasteiger charge is 2.06. The number of rotatable bonds is 7. The molecular weight excluding hydrogens is 326 g/mol. The number of aryl methyl sites for hydroxylation is 1. The van der Waals surface area contributed by atoms with Gasteiger partial charge in [-0.3, -0.25) is 0 Å².